The number of pyridine rings is 1. The van der Waals surface area contributed by atoms with E-state index in [1.807, 2.05) is 42.5 Å². The van der Waals surface area contributed by atoms with E-state index < -0.39 is 4.92 Å². The molecule has 0 atom stereocenters. The zero-order chi connectivity index (χ0) is 18.5. The van der Waals surface area contributed by atoms with E-state index in [0.29, 0.717) is 12.2 Å². The highest BCUT2D eigenvalue weighted by Crippen LogP contribution is 2.23. The van der Waals surface area contributed by atoms with Crippen molar-refractivity contribution in [2.45, 2.75) is 6.42 Å². The van der Waals surface area contributed by atoms with Gasteiger partial charge in [0.25, 0.3) is 5.69 Å². The molecular formula is C19H17N5O2. The summed E-state index contributed by atoms with van der Waals surface area (Å²) in [5, 5.41) is 18.6. The molecule has 3 N–H and O–H groups in total. The minimum atomic E-state index is -0.423. The summed E-state index contributed by atoms with van der Waals surface area (Å²) < 4.78 is 0. The summed E-state index contributed by atoms with van der Waals surface area (Å²) in [4.78, 5) is 16.5. The molecule has 130 valence electrons. The summed E-state index contributed by atoms with van der Waals surface area (Å²) in [6.07, 6.45) is 0.520. The Morgan fingerprint density at radius 1 is 1.04 bits per heavy atom. The number of benzene rings is 2. The Morgan fingerprint density at radius 3 is 2.35 bits per heavy atom. The predicted molar refractivity (Wildman–Crippen MR) is 101 cm³/mol. The van der Waals surface area contributed by atoms with Crippen LogP contribution in [0.2, 0.25) is 0 Å². The third-order valence-corrected chi connectivity index (χ3v) is 3.81. The lowest BCUT2D eigenvalue weighted by Crippen LogP contribution is -2.33. The molecule has 0 bridgehead atoms. The third-order valence-electron chi connectivity index (χ3n) is 3.81. The molecule has 3 rings (SSSR count). The van der Waals surface area contributed by atoms with E-state index in [-0.39, 0.29) is 11.6 Å². The molecule has 0 radical (unpaired) electrons. The van der Waals surface area contributed by atoms with Gasteiger partial charge >= 0.3 is 0 Å². The maximum atomic E-state index is 10.7. The number of anilines is 2. The molecule has 0 saturated heterocycles. The van der Waals surface area contributed by atoms with Crippen LogP contribution >= 0.6 is 0 Å². The van der Waals surface area contributed by atoms with Crippen LogP contribution in [0.3, 0.4) is 0 Å². The Hall–Kier alpha value is -3.74. The van der Waals surface area contributed by atoms with Crippen molar-refractivity contribution in [3.8, 4) is 0 Å². The maximum Gasteiger partial charge on any atom is 0.269 e. The number of nitro benzene ring substituents is 1. The lowest BCUT2D eigenvalue weighted by atomic mass is 10.1. The van der Waals surface area contributed by atoms with Crippen molar-refractivity contribution in [1.29, 1.82) is 5.41 Å². The quantitative estimate of drug-likeness (QED) is 0.317. The molecule has 0 fully saturated rings. The molecule has 0 spiro atoms. The lowest BCUT2D eigenvalue weighted by Gasteiger charge is -2.22. The predicted octanol–water partition coefficient (Wildman–Crippen LogP) is 3.61. The van der Waals surface area contributed by atoms with Crippen LogP contribution in [0.5, 0.6) is 0 Å². The van der Waals surface area contributed by atoms with Crippen LogP contribution in [0.1, 0.15) is 11.3 Å². The molecule has 1 heterocycles. The number of guanidine groups is 1. The summed E-state index contributed by atoms with van der Waals surface area (Å²) in [6, 6.07) is 21.2. The standard InChI is InChI=1S/C19H17N5O2/c20-19(21)23(16-6-2-1-3-7-16)18-8-4-5-15(22-18)13-14-9-11-17(12-10-14)24(25)26/h1-12H,13H2,(H3,20,21). The van der Waals surface area contributed by atoms with Gasteiger partial charge in [-0.15, -0.1) is 0 Å². The van der Waals surface area contributed by atoms with E-state index in [1.54, 1.807) is 23.1 Å². The topological polar surface area (TPSA) is 109 Å². The molecule has 1 aromatic heterocycles. The molecule has 0 aliphatic rings. The first kappa shape index (κ1) is 17.1. The zero-order valence-corrected chi connectivity index (χ0v) is 13.9. The van der Waals surface area contributed by atoms with Crippen molar-refractivity contribution < 1.29 is 4.92 Å². The van der Waals surface area contributed by atoms with Crippen LogP contribution in [-0.4, -0.2) is 15.9 Å². The van der Waals surface area contributed by atoms with Gasteiger partial charge in [-0.3, -0.25) is 20.4 Å². The SMILES string of the molecule is N=C(N)N(c1ccccc1)c1cccc(Cc2ccc([N+](=O)[O-])cc2)n1. The Labute approximate surface area is 150 Å². The van der Waals surface area contributed by atoms with Crippen molar-refractivity contribution in [3.63, 3.8) is 0 Å². The van der Waals surface area contributed by atoms with E-state index >= 15 is 0 Å². The fraction of sp³-hybridized carbons (Fsp3) is 0.0526. The lowest BCUT2D eigenvalue weighted by molar-refractivity contribution is -0.384. The normalized spacial score (nSPS) is 10.3. The first-order valence-electron chi connectivity index (χ1n) is 7.93. The van der Waals surface area contributed by atoms with Gasteiger partial charge in [-0.25, -0.2) is 4.98 Å². The summed E-state index contributed by atoms with van der Waals surface area (Å²) in [7, 11) is 0. The zero-order valence-electron chi connectivity index (χ0n) is 13.9. The number of hydrogen-bond donors (Lipinski definition) is 2. The van der Waals surface area contributed by atoms with Gasteiger partial charge < -0.3 is 5.73 Å². The largest absolute Gasteiger partial charge is 0.369 e. The molecule has 7 nitrogen and oxygen atoms in total. The number of rotatable bonds is 5. The van der Waals surface area contributed by atoms with Gasteiger partial charge in [0.1, 0.15) is 5.82 Å². The molecule has 2 aromatic carbocycles. The highest BCUT2D eigenvalue weighted by molar-refractivity contribution is 5.98. The van der Waals surface area contributed by atoms with Crippen LogP contribution in [0.4, 0.5) is 17.2 Å². The molecule has 0 unspecified atom stereocenters. The molecule has 0 saturated carbocycles. The molecule has 0 aliphatic carbocycles. The second-order valence-corrected chi connectivity index (χ2v) is 5.64. The van der Waals surface area contributed by atoms with Gasteiger partial charge in [0.2, 0.25) is 0 Å². The molecule has 0 aliphatic heterocycles. The third kappa shape index (κ3) is 3.84. The monoisotopic (exact) mass is 347 g/mol. The van der Waals surface area contributed by atoms with E-state index in [2.05, 4.69) is 4.98 Å². The Bertz CT molecular complexity index is 926. The number of nitrogens with two attached hydrogens (primary N) is 1. The van der Waals surface area contributed by atoms with E-state index in [9.17, 15) is 10.1 Å². The summed E-state index contributed by atoms with van der Waals surface area (Å²) in [6.45, 7) is 0. The molecule has 3 aromatic rings. The van der Waals surface area contributed by atoms with Gasteiger partial charge in [-0.2, -0.15) is 0 Å². The number of hydrogen-bond acceptors (Lipinski definition) is 4. The summed E-state index contributed by atoms with van der Waals surface area (Å²) >= 11 is 0. The smallest absolute Gasteiger partial charge is 0.269 e. The minimum Gasteiger partial charge on any atom is -0.369 e. The van der Waals surface area contributed by atoms with Gasteiger partial charge in [0.15, 0.2) is 5.96 Å². The second-order valence-electron chi connectivity index (χ2n) is 5.64. The van der Waals surface area contributed by atoms with Crippen molar-refractivity contribution in [2.75, 3.05) is 4.90 Å². The van der Waals surface area contributed by atoms with Crippen LogP contribution < -0.4 is 10.6 Å². The highest BCUT2D eigenvalue weighted by atomic mass is 16.6. The Kier molecular flexibility index (Phi) is 4.89. The first-order chi connectivity index (χ1) is 12.5. The van der Waals surface area contributed by atoms with Crippen LogP contribution in [0, 0.1) is 15.5 Å². The first-order valence-corrected chi connectivity index (χ1v) is 7.93. The Morgan fingerprint density at radius 2 is 1.73 bits per heavy atom. The highest BCUT2D eigenvalue weighted by Gasteiger charge is 2.14. The van der Waals surface area contributed by atoms with E-state index in [1.165, 1.54) is 12.1 Å². The van der Waals surface area contributed by atoms with Gasteiger partial charge in [-0.05, 0) is 29.8 Å². The number of nitrogens with zero attached hydrogens (tertiary/aromatic N) is 3. The van der Waals surface area contributed by atoms with E-state index in [0.717, 1.165) is 16.9 Å². The molecular weight excluding hydrogens is 330 g/mol. The minimum absolute atomic E-state index is 0.0577. The van der Waals surface area contributed by atoms with Crippen molar-refractivity contribution in [3.05, 3.63) is 94.2 Å². The average Bonchev–Trinajstić information content (AvgIpc) is 2.63. The molecule has 26 heavy (non-hydrogen) atoms. The number of non-ortho nitro benzene ring substituents is 1. The number of para-hydroxylation sites is 1. The van der Waals surface area contributed by atoms with Crippen molar-refractivity contribution in [2.24, 2.45) is 5.73 Å². The van der Waals surface area contributed by atoms with Crippen molar-refractivity contribution >= 4 is 23.2 Å². The molecule has 0 amide bonds. The summed E-state index contributed by atoms with van der Waals surface area (Å²) in [5.74, 6) is 0.416. The number of nitrogens with one attached hydrogen (secondary N) is 1. The van der Waals surface area contributed by atoms with Gasteiger partial charge in [0.05, 0.1) is 10.6 Å². The fourth-order valence-electron chi connectivity index (χ4n) is 2.61. The maximum absolute atomic E-state index is 10.7. The Balaban J connectivity index is 1.87. The number of aromatic nitrogens is 1. The van der Waals surface area contributed by atoms with Crippen LogP contribution in [0.15, 0.2) is 72.8 Å². The summed E-state index contributed by atoms with van der Waals surface area (Å²) in [5.41, 5.74) is 8.25. The van der Waals surface area contributed by atoms with Crippen LogP contribution in [-0.2, 0) is 6.42 Å². The van der Waals surface area contributed by atoms with Gasteiger partial charge in [-0.1, -0.05) is 36.4 Å². The number of nitro groups is 1. The van der Waals surface area contributed by atoms with E-state index in [4.69, 9.17) is 11.1 Å². The van der Waals surface area contributed by atoms with Crippen molar-refractivity contribution in [1.82, 2.24) is 4.98 Å². The second kappa shape index (κ2) is 7.43. The van der Waals surface area contributed by atoms with Gasteiger partial charge in [0, 0.05) is 24.2 Å². The van der Waals surface area contributed by atoms with Crippen LogP contribution in [0.25, 0.3) is 0 Å². The average molecular weight is 347 g/mol. The molecule has 7 heteroatoms. The fourth-order valence-corrected chi connectivity index (χ4v) is 2.61.